The van der Waals surface area contributed by atoms with Gasteiger partial charge in [-0.25, -0.2) is 8.42 Å². The van der Waals surface area contributed by atoms with Crippen molar-refractivity contribution in [3.05, 3.63) is 11.8 Å². The highest BCUT2D eigenvalue weighted by Crippen LogP contribution is 2.17. The van der Waals surface area contributed by atoms with E-state index in [-0.39, 0.29) is 5.03 Å². The van der Waals surface area contributed by atoms with Crippen LogP contribution in [0.15, 0.2) is 11.2 Å². The molecule has 0 aromatic carbocycles. The zero-order chi connectivity index (χ0) is 15.0. The van der Waals surface area contributed by atoms with E-state index < -0.39 is 10.0 Å². The molecule has 20 heavy (non-hydrogen) atoms. The molecule has 1 aromatic rings. The summed E-state index contributed by atoms with van der Waals surface area (Å²) in [6.45, 7) is 6.08. The first kappa shape index (κ1) is 17.1. The molecule has 1 heterocycles. The van der Waals surface area contributed by atoms with Gasteiger partial charge in [0.15, 0.2) is 5.03 Å². The van der Waals surface area contributed by atoms with Crippen molar-refractivity contribution in [3.63, 3.8) is 0 Å². The molecule has 2 N–H and O–H groups in total. The maximum Gasteiger partial charge on any atom is 0.260 e. The highest BCUT2D eigenvalue weighted by Gasteiger charge is 2.25. The number of hydrogen-bond donors (Lipinski definition) is 2. The number of aromatic nitrogens is 2. The molecule has 0 aliphatic heterocycles. The highest BCUT2D eigenvalue weighted by atomic mass is 32.2. The van der Waals surface area contributed by atoms with Gasteiger partial charge in [-0.1, -0.05) is 26.7 Å². The van der Waals surface area contributed by atoms with E-state index in [0.717, 1.165) is 32.2 Å². The molecule has 1 aromatic heterocycles. The molecule has 116 valence electrons. The van der Waals surface area contributed by atoms with Crippen LogP contribution in [-0.4, -0.2) is 43.1 Å². The van der Waals surface area contributed by atoms with Gasteiger partial charge < -0.3 is 5.32 Å². The Morgan fingerprint density at radius 2 is 2.05 bits per heavy atom. The van der Waals surface area contributed by atoms with Gasteiger partial charge in [0.2, 0.25) is 0 Å². The Kier molecular flexibility index (Phi) is 7.18. The first-order chi connectivity index (χ1) is 9.54. The van der Waals surface area contributed by atoms with Gasteiger partial charge in [0.1, 0.15) is 0 Å². The Labute approximate surface area is 122 Å². The molecule has 0 spiro atoms. The predicted molar refractivity (Wildman–Crippen MR) is 79.9 cm³/mol. The van der Waals surface area contributed by atoms with Crippen LogP contribution in [0.2, 0.25) is 0 Å². The van der Waals surface area contributed by atoms with E-state index >= 15 is 0 Å². The third-order valence-corrected chi connectivity index (χ3v) is 5.04. The smallest absolute Gasteiger partial charge is 0.260 e. The largest absolute Gasteiger partial charge is 0.313 e. The minimum atomic E-state index is -3.47. The van der Waals surface area contributed by atoms with Crippen LogP contribution < -0.4 is 5.32 Å². The molecule has 0 bridgehead atoms. The Balaban J connectivity index is 2.74. The number of sulfonamides is 1. The van der Waals surface area contributed by atoms with E-state index in [1.54, 1.807) is 13.2 Å². The zero-order valence-corrected chi connectivity index (χ0v) is 13.5. The van der Waals surface area contributed by atoms with Crippen molar-refractivity contribution in [3.8, 4) is 0 Å². The van der Waals surface area contributed by atoms with Crippen LogP contribution in [0.4, 0.5) is 0 Å². The van der Waals surface area contributed by atoms with Gasteiger partial charge in [-0.05, 0) is 19.4 Å². The second-order valence-corrected chi connectivity index (χ2v) is 6.92. The second-order valence-electron chi connectivity index (χ2n) is 4.93. The summed E-state index contributed by atoms with van der Waals surface area (Å²) in [5.74, 6) is 0. The molecule has 6 nitrogen and oxygen atoms in total. The molecule has 0 saturated heterocycles. The van der Waals surface area contributed by atoms with Crippen molar-refractivity contribution in [1.29, 1.82) is 0 Å². The number of nitrogens with one attached hydrogen (secondary N) is 2. The van der Waals surface area contributed by atoms with E-state index in [4.69, 9.17) is 0 Å². The zero-order valence-electron chi connectivity index (χ0n) is 12.6. The summed E-state index contributed by atoms with van der Waals surface area (Å²) in [6, 6.07) is 0. The molecule has 0 fully saturated rings. The van der Waals surface area contributed by atoms with Crippen LogP contribution in [0.25, 0.3) is 0 Å². The van der Waals surface area contributed by atoms with E-state index in [1.807, 2.05) is 0 Å². The predicted octanol–water partition coefficient (Wildman–Crippen LogP) is 1.72. The SMILES string of the molecule is CCCCCN(C)S(=O)(=O)c1[nH]ncc1CNCCC. The van der Waals surface area contributed by atoms with Gasteiger partial charge in [-0.2, -0.15) is 9.40 Å². The maximum absolute atomic E-state index is 12.5. The van der Waals surface area contributed by atoms with Crippen molar-refractivity contribution in [1.82, 2.24) is 19.8 Å². The van der Waals surface area contributed by atoms with Crippen LogP contribution in [0, 0.1) is 0 Å². The Morgan fingerprint density at radius 3 is 2.70 bits per heavy atom. The Morgan fingerprint density at radius 1 is 1.30 bits per heavy atom. The normalized spacial score (nSPS) is 12.2. The summed E-state index contributed by atoms with van der Waals surface area (Å²) >= 11 is 0. The molecule has 0 saturated carbocycles. The second kappa shape index (κ2) is 8.39. The van der Waals surface area contributed by atoms with Crippen LogP contribution in [0.3, 0.4) is 0 Å². The lowest BCUT2D eigenvalue weighted by atomic mass is 10.2. The molecule has 1 rings (SSSR count). The minimum Gasteiger partial charge on any atom is -0.313 e. The molecule has 7 heteroatoms. The molecule has 0 aliphatic rings. The summed E-state index contributed by atoms with van der Waals surface area (Å²) in [5.41, 5.74) is 0.695. The van der Waals surface area contributed by atoms with Gasteiger partial charge in [-0.15, -0.1) is 0 Å². The van der Waals surface area contributed by atoms with E-state index in [1.165, 1.54) is 4.31 Å². The molecule has 0 radical (unpaired) electrons. The fourth-order valence-corrected chi connectivity index (χ4v) is 3.21. The van der Waals surface area contributed by atoms with Gasteiger partial charge in [0.05, 0.1) is 6.20 Å². The van der Waals surface area contributed by atoms with Gasteiger partial charge in [-0.3, -0.25) is 5.10 Å². The lowest BCUT2D eigenvalue weighted by molar-refractivity contribution is 0.450. The van der Waals surface area contributed by atoms with Gasteiger partial charge >= 0.3 is 0 Å². The van der Waals surface area contributed by atoms with Crippen molar-refractivity contribution >= 4 is 10.0 Å². The summed E-state index contributed by atoms with van der Waals surface area (Å²) < 4.78 is 26.3. The van der Waals surface area contributed by atoms with E-state index in [9.17, 15) is 8.42 Å². The summed E-state index contributed by atoms with van der Waals surface area (Å²) in [6.07, 6.45) is 5.58. The molecule has 0 amide bonds. The summed E-state index contributed by atoms with van der Waals surface area (Å²) in [5, 5.41) is 9.91. The average Bonchev–Trinajstić information content (AvgIpc) is 2.88. The van der Waals surface area contributed by atoms with E-state index in [2.05, 4.69) is 29.4 Å². The van der Waals surface area contributed by atoms with Crippen LogP contribution in [-0.2, 0) is 16.6 Å². The van der Waals surface area contributed by atoms with Crippen molar-refractivity contribution in [2.45, 2.75) is 51.1 Å². The number of hydrogen-bond acceptors (Lipinski definition) is 4. The Hall–Kier alpha value is -0.920. The highest BCUT2D eigenvalue weighted by molar-refractivity contribution is 7.89. The molecule has 0 unspecified atom stereocenters. The Bertz CT molecular complexity index is 484. The molecule has 0 atom stereocenters. The van der Waals surface area contributed by atoms with Crippen molar-refractivity contribution in [2.24, 2.45) is 0 Å². The standard InChI is InChI=1S/C13H26N4O2S/c1-4-6-7-9-17(3)20(18,19)13-12(11-15-16-13)10-14-8-5-2/h11,14H,4-10H2,1-3H3,(H,15,16). The third-order valence-electron chi connectivity index (χ3n) is 3.17. The first-order valence-electron chi connectivity index (χ1n) is 7.23. The maximum atomic E-state index is 12.5. The molecular weight excluding hydrogens is 276 g/mol. The van der Waals surface area contributed by atoms with Gasteiger partial charge in [0, 0.05) is 25.7 Å². The van der Waals surface area contributed by atoms with Crippen molar-refractivity contribution < 1.29 is 8.42 Å². The van der Waals surface area contributed by atoms with Crippen molar-refractivity contribution in [2.75, 3.05) is 20.1 Å². The summed E-state index contributed by atoms with van der Waals surface area (Å²) in [7, 11) is -1.85. The minimum absolute atomic E-state index is 0.208. The number of aromatic amines is 1. The number of H-pyrrole nitrogens is 1. The fraction of sp³-hybridized carbons (Fsp3) is 0.769. The van der Waals surface area contributed by atoms with Crippen LogP contribution in [0.5, 0.6) is 0 Å². The summed E-state index contributed by atoms with van der Waals surface area (Å²) in [4.78, 5) is 0. The lowest BCUT2D eigenvalue weighted by Gasteiger charge is -2.16. The first-order valence-corrected chi connectivity index (χ1v) is 8.67. The van der Waals surface area contributed by atoms with E-state index in [0.29, 0.717) is 18.7 Å². The average molecular weight is 302 g/mol. The van der Waals surface area contributed by atoms with Gasteiger partial charge in [0.25, 0.3) is 10.0 Å². The number of rotatable bonds is 10. The lowest BCUT2D eigenvalue weighted by Crippen LogP contribution is -2.29. The molecule has 0 aliphatic carbocycles. The fourth-order valence-electron chi connectivity index (χ4n) is 1.91. The monoisotopic (exact) mass is 302 g/mol. The third kappa shape index (κ3) is 4.57. The van der Waals surface area contributed by atoms with Crippen LogP contribution >= 0.6 is 0 Å². The quantitative estimate of drug-likeness (QED) is 0.645. The number of unbranched alkanes of at least 4 members (excludes halogenated alkanes) is 2. The number of nitrogens with zero attached hydrogens (tertiary/aromatic N) is 2. The molecular formula is C13H26N4O2S. The van der Waals surface area contributed by atoms with Crippen LogP contribution in [0.1, 0.15) is 45.1 Å². The topological polar surface area (TPSA) is 78.1 Å².